The molecule has 1 aliphatic heterocycles. The summed E-state index contributed by atoms with van der Waals surface area (Å²) in [5, 5.41) is 0. The van der Waals surface area contributed by atoms with Gasteiger partial charge in [-0.2, -0.15) is 0 Å². The molecule has 1 atom stereocenters. The van der Waals surface area contributed by atoms with Gasteiger partial charge < -0.3 is 9.47 Å². The van der Waals surface area contributed by atoms with Crippen LogP contribution in [0.2, 0.25) is 0 Å². The highest BCUT2D eigenvalue weighted by Crippen LogP contribution is 2.38. The van der Waals surface area contributed by atoms with Crippen LogP contribution >= 0.6 is 0 Å². The number of carbonyl (C=O) groups is 2. The van der Waals surface area contributed by atoms with E-state index in [1.54, 1.807) is 11.0 Å². The molecule has 0 saturated heterocycles. The summed E-state index contributed by atoms with van der Waals surface area (Å²) in [5.41, 5.74) is 4.07. The summed E-state index contributed by atoms with van der Waals surface area (Å²) in [4.78, 5) is 26.9. The van der Waals surface area contributed by atoms with E-state index in [1.807, 2.05) is 64.1 Å². The number of ether oxygens (including phenoxy) is 2. The van der Waals surface area contributed by atoms with Crippen molar-refractivity contribution in [3.8, 4) is 0 Å². The highest BCUT2D eigenvalue weighted by molar-refractivity contribution is 5.89. The molecular weight excluding hydrogens is 354 g/mol. The second-order valence-electron chi connectivity index (χ2n) is 8.09. The number of nitrogens with zero attached hydrogens (tertiary/aromatic N) is 1. The van der Waals surface area contributed by atoms with Crippen LogP contribution in [-0.4, -0.2) is 36.2 Å². The molecule has 0 saturated carbocycles. The number of methoxy groups -OCH3 is 1. The van der Waals surface area contributed by atoms with Crippen LogP contribution in [0.4, 0.5) is 4.79 Å². The molecule has 0 fully saturated rings. The number of amides is 1. The minimum atomic E-state index is -0.582. The molecule has 0 aromatic heterocycles. The Morgan fingerprint density at radius 1 is 1.07 bits per heavy atom. The van der Waals surface area contributed by atoms with Crippen molar-refractivity contribution in [2.45, 2.75) is 45.8 Å². The van der Waals surface area contributed by atoms with Crippen molar-refractivity contribution in [2.24, 2.45) is 0 Å². The number of fused-ring (bicyclic) bond motifs is 1. The molecule has 0 aliphatic carbocycles. The SMILES string of the molecule is COC(=O)c1ccc2c(c1)C(c1ccccc1C)N(C(=O)OC(C)(C)C)CC2. The van der Waals surface area contributed by atoms with Gasteiger partial charge in [0.15, 0.2) is 0 Å². The smallest absolute Gasteiger partial charge is 0.411 e. The fraction of sp³-hybridized carbons (Fsp3) is 0.391. The Hall–Kier alpha value is -2.82. The van der Waals surface area contributed by atoms with Gasteiger partial charge in [0.05, 0.1) is 18.7 Å². The van der Waals surface area contributed by atoms with Gasteiger partial charge in [-0.3, -0.25) is 4.90 Å². The van der Waals surface area contributed by atoms with Gasteiger partial charge in [-0.15, -0.1) is 0 Å². The lowest BCUT2D eigenvalue weighted by molar-refractivity contribution is 0.0178. The van der Waals surface area contributed by atoms with Crippen molar-refractivity contribution >= 4 is 12.1 Å². The summed E-state index contributed by atoms with van der Waals surface area (Å²) in [7, 11) is 1.37. The number of hydrogen-bond donors (Lipinski definition) is 0. The molecule has 1 aliphatic rings. The summed E-state index contributed by atoms with van der Waals surface area (Å²) in [6, 6.07) is 13.3. The zero-order valence-corrected chi connectivity index (χ0v) is 17.1. The number of rotatable bonds is 2. The van der Waals surface area contributed by atoms with Crippen LogP contribution in [0.15, 0.2) is 42.5 Å². The van der Waals surface area contributed by atoms with Crippen molar-refractivity contribution < 1.29 is 19.1 Å². The number of hydrogen-bond acceptors (Lipinski definition) is 4. The molecule has 3 rings (SSSR count). The maximum Gasteiger partial charge on any atom is 0.411 e. The van der Waals surface area contributed by atoms with Crippen molar-refractivity contribution in [1.29, 1.82) is 0 Å². The Bertz CT molecular complexity index is 898. The monoisotopic (exact) mass is 381 g/mol. The van der Waals surface area contributed by atoms with Gasteiger partial charge in [0.1, 0.15) is 5.60 Å². The Morgan fingerprint density at radius 2 is 1.79 bits per heavy atom. The lowest BCUT2D eigenvalue weighted by Gasteiger charge is -2.39. The van der Waals surface area contributed by atoms with Crippen LogP contribution in [0, 0.1) is 6.92 Å². The number of benzene rings is 2. The van der Waals surface area contributed by atoms with Crippen molar-refractivity contribution in [3.05, 3.63) is 70.3 Å². The molecule has 0 spiro atoms. The predicted molar refractivity (Wildman–Crippen MR) is 107 cm³/mol. The minimum Gasteiger partial charge on any atom is -0.465 e. The molecule has 1 heterocycles. The molecule has 0 N–H and O–H groups in total. The number of aryl methyl sites for hydroxylation is 1. The second kappa shape index (κ2) is 7.66. The van der Waals surface area contributed by atoms with E-state index in [-0.39, 0.29) is 18.1 Å². The number of esters is 1. The summed E-state index contributed by atoms with van der Waals surface area (Å²) >= 11 is 0. The molecule has 2 aromatic rings. The fourth-order valence-electron chi connectivity index (χ4n) is 3.61. The zero-order chi connectivity index (χ0) is 20.5. The second-order valence-corrected chi connectivity index (χ2v) is 8.09. The molecule has 1 amide bonds. The van der Waals surface area contributed by atoms with Crippen molar-refractivity contribution in [2.75, 3.05) is 13.7 Å². The summed E-state index contributed by atoms with van der Waals surface area (Å²) in [5.74, 6) is -0.388. The molecule has 0 bridgehead atoms. The zero-order valence-electron chi connectivity index (χ0n) is 17.1. The molecular formula is C23H27NO4. The van der Waals surface area contributed by atoms with E-state index in [0.717, 1.165) is 22.3 Å². The average Bonchev–Trinajstić information content (AvgIpc) is 2.65. The number of carbonyl (C=O) groups excluding carboxylic acids is 2. The third-order valence-corrected chi connectivity index (χ3v) is 4.91. The lowest BCUT2D eigenvalue weighted by atomic mass is 9.85. The van der Waals surface area contributed by atoms with Crippen molar-refractivity contribution in [1.82, 2.24) is 4.90 Å². The van der Waals surface area contributed by atoms with E-state index in [1.165, 1.54) is 7.11 Å². The Balaban J connectivity index is 2.13. The van der Waals surface area contributed by atoms with Crippen LogP contribution in [-0.2, 0) is 15.9 Å². The first-order valence-corrected chi connectivity index (χ1v) is 9.47. The normalized spacial score (nSPS) is 16.3. The van der Waals surface area contributed by atoms with Crippen LogP contribution in [0.3, 0.4) is 0 Å². The molecule has 2 aromatic carbocycles. The van der Waals surface area contributed by atoms with Gasteiger partial charge in [-0.05, 0) is 68.5 Å². The molecule has 0 radical (unpaired) electrons. The fourth-order valence-corrected chi connectivity index (χ4v) is 3.61. The van der Waals surface area contributed by atoms with Gasteiger partial charge >= 0.3 is 12.1 Å². The predicted octanol–water partition coefficient (Wildman–Crippen LogP) is 4.66. The third-order valence-electron chi connectivity index (χ3n) is 4.91. The molecule has 28 heavy (non-hydrogen) atoms. The van der Waals surface area contributed by atoms with E-state index in [0.29, 0.717) is 18.5 Å². The standard InChI is InChI=1S/C23H27NO4/c1-15-8-6-7-9-18(15)20-19-14-17(21(25)27-5)11-10-16(19)12-13-24(20)22(26)28-23(2,3)4/h6-11,14,20H,12-13H2,1-5H3. The maximum atomic E-state index is 13.0. The van der Waals surface area contributed by atoms with Gasteiger partial charge in [0, 0.05) is 6.54 Å². The molecule has 5 nitrogen and oxygen atoms in total. The maximum absolute atomic E-state index is 13.0. The molecule has 148 valence electrons. The molecule has 1 unspecified atom stereocenters. The highest BCUT2D eigenvalue weighted by atomic mass is 16.6. The first-order valence-electron chi connectivity index (χ1n) is 9.47. The minimum absolute atomic E-state index is 0.315. The first-order chi connectivity index (χ1) is 13.2. The van der Waals surface area contributed by atoms with E-state index in [2.05, 4.69) is 0 Å². The Labute approximate surface area is 166 Å². The van der Waals surface area contributed by atoms with E-state index >= 15 is 0 Å². The van der Waals surface area contributed by atoms with E-state index in [4.69, 9.17) is 9.47 Å². The van der Waals surface area contributed by atoms with Gasteiger partial charge in [0.2, 0.25) is 0 Å². The Kier molecular flexibility index (Phi) is 5.45. The summed E-state index contributed by atoms with van der Waals surface area (Å²) in [6.45, 7) is 8.17. The van der Waals surface area contributed by atoms with Crippen LogP contribution in [0.5, 0.6) is 0 Å². The third kappa shape index (κ3) is 4.03. The Morgan fingerprint density at radius 3 is 2.43 bits per heavy atom. The summed E-state index contributed by atoms with van der Waals surface area (Å²) < 4.78 is 10.6. The van der Waals surface area contributed by atoms with Crippen LogP contribution in [0.1, 0.15) is 59.4 Å². The topological polar surface area (TPSA) is 55.8 Å². The van der Waals surface area contributed by atoms with Gasteiger partial charge in [-0.25, -0.2) is 9.59 Å². The van der Waals surface area contributed by atoms with Crippen molar-refractivity contribution in [3.63, 3.8) is 0 Å². The van der Waals surface area contributed by atoms with E-state index < -0.39 is 5.60 Å². The first kappa shape index (κ1) is 19.9. The largest absolute Gasteiger partial charge is 0.465 e. The quantitative estimate of drug-likeness (QED) is 0.710. The van der Waals surface area contributed by atoms with E-state index in [9.17, 15) is 9.59 Å². The molecule has 5 heteroatoms. The van der Waals surface area contributed by atoms with Crippen LogP contribution in [0.25, 0.3) is 0 Å². The average molecular weight is 381 g/mol. The van der Waals surface area contributed by atoms with Gasteiger partial charge in [0.25, 0.3) is 0 Å². The van der Waals surface area contributed by atoms with Crippen LogP contribution < -0.4 is 0 Å². The lowest BCUT2D eigenvalue weighted by Crippen LogP contribution is -2.43. The summed E-state index contributed by atoms with van der Waals surface area (Å²) in [6.07, 6.45) is 0.355. The van der Waals surface area contributed by atoms with Gasteiger partial charge in [-0.1, -0.05) is 30.3 Å². The highest BCUT2D eigenvalue weighted by Gasteiger charge is 2.35.